The summed E-state index contributed by atoms with van der Waals surface area (Å²) in [5.41, 5.74) is 7.53. The highest BCUT2D eigenvalue weighted by Gasteiger charge is 2.10. The largest absolute Gasteiger partial charge is 0.489 e. The number of hydrogen-bond acceptors (Lipinski definition) is 5. The Morgan fingerprint density at radius 3 is 2.67 bits per heavy atom. The lowest BCUT2D eigenvalue weighted by Crippen LogP contribution is -2.32. The normalized spacial score (nSPS) is 12.3. The maximum Gasteiger partial charge on any atom is 0.142 e. The Morgan fingerprint density at radius 1 is 1.24 bits per heavy atom. The van der Waals surface area contributed by atoms with E-state index in [4.69, 9.17) is 10.5 Å². The number of aliphatic hydroxyl groups is 1. The van der Waals surface area contributed by atoms with Gasteiger partial charge in [0.2, 0.25) is 0 Å². The second-order valence-corrected chi connectivity index (χ2v) is 5.05. The van der Waals surface area contributed by atoms with Gasteiger partial charge >= 0.3 is 0 Å². The molecule has 1 heterocycles. The number of aromatic nitrogens is 1. The molecule has 0 aliphatic heterocycles. The smallest absolute Gasteiger partial charge is 0.142 e. The minimum absolute atomic E-state index is 0.217. The highest BCUT2D eigenvalue weighted by Crippen LogP contribution is 2.19. The van der Waals surface area contributed by atoms with Crippen molar-refractivity contribution < 1.29 is 9.84 Å². The Kier molecular flexibility index (Phi) is 5.54. The van der Waals surface area contributed by atoms with Gasteiger partial charge in [-0.3, -0.25) is 9.88 Å². The van der Waals surface area contributed by atoms with Gasteiger partial charge in [-0.1, -0.05) is 12.1 Å². The standard InChI is InChI=1S/C16H21N3O2/c1-19(10-13-6-8-18-9-7-13)11-14(20)12-21-16-5-3-2-4-15(16)17/h2-9,14,20H,10-12,17H2,1H3. The SMILES string of the molecule is CN(Cc1ccncc1)CC(O)COc1ccccc1N. The van der Waals surface area contributed by atoms with Crippen molar-refractivity contribution in [1.29, 1.82) is 0 Å². The molecule has 0 saturated heterocycles. The molecule has 0 saturated carbocycles. The van der Waals surface area contributed by atoms with Gasteiger partial charge < -0.3 is 15.6 Å². The first-order chi connectivity index (χ1) is 10.1. The lowest BCUT2D eigenvalue weighted by atomic mass is 10.2. The van der Waals surface area contributed by atoms with Crippen molar-refractivity contribution in [2.45, 2.75) is 12.6 Å². The van der Waals surface area contributed by atoms with Gasteiger partial charge in [0.15, 0.2) is 0 Å². The molecule has 2 aromatic rings. The number of aliphatic hydroxyl groups excluding tert-OH is 1. The first-order valence-electron chi connectivity index (χ1n) is 6.88. The van der Waals surface area contributed by atoms with Gasteiger partial charge in [0, 0.05) is 25.5 Å². The third kappa shape index (κ3) is 5.06. The molecule has 5 heteroatoms. The zero-order valence-electron chi connectivity index (χ0n) is 12.1. The molecule has 0 fully saturated rings. The van der Waals surface area contributed by atoms with Gasteiger partial charge in [0.25, 0.3) is 0 Å². The van der Waals surface area contributed by atoms with Gasteiger partial charge in [0.1, 0.15) is 18.5 Å². The summed E-state index contributed by atoms with van der Waals surface area (Å²) in [6.07, 6.45) is 2.96. The average molecular weight is 287 g/mol. The molecule has 3 N–H and O–H groups in total. The van der Waals surface area contributed by atoms with Crippen molar-refractivity contribution >= 4 is 5.69 Å². The molecule has 112 valence electrons. The molecule has 0 aliphatic carbocycles. The minimum atomic E-state index is -0.573. The van der Waals surface area contributed by atoms with Gasteiger partial charge in [-0.2, -0.15) is 0 Å². The quantitative estimate of drug-likeness (QED) is 0.756. The van der Waals surface area contributed by atoms with Gasteiger partial charge in [-0.05, 0) is 36.9 Å². The number of nitrogens with two attached hydrogens (primary N) is 1. The fourth-order valence-electron chi connectivity index (χ4n) is 2.07. The van der Waals surface area contributed by atoms with Crippen molar-refractivity contribution in [3.63, 3.8) is 0 Å². The first kappa shape index (κ1) is 15.3. The summed E-state index contributed by atoms with van der Waals surface area (Å²) in [5.74, 6) is 0.605. The molecular weight excluding hydrogens is 266 g/mol. The summed E-state index contributed by atoms with van der Waals surface area (Å²) >= 11 is 0. The molecular formula is C16H21N3O2. The number of rotatable bonds is 7. The average Bonchev–Trinajstić information content (AvgIpc) is 2.47. The summed E-state index contributed by atoms with van der Waals surface area (Å²) in [5, 5.41) is 10.0. The molecule has 0 aliphatic rings. The van der Waals surface area contributed by atoms with E-state index in [1.54, 1.807) is 24.5 Å². The van der Waals surface area contributed by atoms with E-state index < -0.39 is 6.10 Å². The summed E-state index contributed by atoms with van der Waals surface area (Å²) in [6.45, 7) is 1.50. The van der Waals surface area contributed by atoms with E-state index in [1.165, 1.54) is 0 Å². The van der Waals surface area contributed by atoms with Crippen molar-refractivity contribution in [2.24, 2.45) is 0 Å². The van der Waals surface area contributed by atoms with E-state index in [0.717, 1.165) is 12.1 Å². The molecule has 2 rings (SSSR count). The van der Waals surface area contributed by atoms with E-state index >= 15 is 0 Å². The zero-order valence-corrected chi connectivity index (χ0v) is 12.1. The topological polar surface area (TPSA) is 71.6 Å². The van der Waals surface area contributed by atoms with Crippen LogP contribution in [0, 0.1) is 0 Å². The van der Waals surface area contributed by atoms with Crippen LogP contribution in [0.1, 0.15) is 5.56 Å². The van der Waals surface area contributed by atoms with Crippen molar-refractivity contribution in [2.75, 3.05) is 25.9 Å². The molecule has 1 unspecified atom stereocenters. The molecule has 5 nitrogen and oxygen atoms in total. The van der Waals surface area contributed by atoms with Crippen LogP contribution in [0.5, 0.6) is 5.75 Å². The van der Waals surface area contributed by atoms with Crippen LogP contribution < -0.4 is 10.5 Å². The van der Waals surface area contributed by atoms with E-state index in [0.29, 0.717) is 18.0 Å². The molecule has 1 aromatic heterocycles. The van der Waals surface area contributed by atoms with Crippen LogP contribution in [0.15, 0.2) is 48.8 Å². The highest BCUT2D eigenvalue weighted by molar-refractivity contribution is 5.51. The monoisotopic (exact) mass is 287 g/mol. The summed E-state index contributed by atoms with van der Waals surface area (Å²) in [6, 6.07) is 11.2. The van der Waals surface area contributed by atoms with E-state index in [2.05, 4.69) is 4.98 Å². The molecule has 0 bridgehead atoms. The highest BCUT2D eigenvalue weighted by atomic mass is 16.5. The second-order valence-electron chi connectivity index (χ2n) is 5.05. The van der Waals surface area contributed by atoms with Crippen LogP contribution >= 0.6 is 0 Å². The van der Waals surface area contributed by atoms with Crippen LogP contribution in [0.4, 0.5) is 5.69 Å². The number of benzene rings is 1. The number of likely N-dealkylation sites (N-methyl/N-ethyl adjacent to an activating group) is 1. The van der Waals surface area contributed by atoms with Crippen LogP contribution in [0.3, 0.4) is 0 Å². The van der Waals surface area contributed by atoms with E-state index in [1.807, 2.05) is 36.2 Å². The Labute approximate surface area is 125 Å². The summed E-state index contributed by atoms with van der Waals surface area (Å²) < 4.78 is 5.54. The number of hydrogen-bond donors (Lipinski definition) is 2. The second kappa shape index (κ2) is 7.61. The molecule has 0 spiro atoms. The molecule has 21 heavy (non-hydrogen) atoms. The number of ether oxygens (including phenoxy) is 1. The fourth-order valence-corrected chi connectivity index (χ4v) is 2.07. The van der Waals surface area contributed by atoms with Crippen LogP contribution in [-0.2, 0) is 6.54 Å². The maximum atomic E-state index is 10.0. The lowest BCUT2D eigenvalue weighted by Gasteiger charge is -2.21. The molecule has 1 aromatic carbocycles. The van der Waals surface area contributed by atoms with E-state index in [9.17, 15) is 5.11 Å². The number of nitrogen functional groups attached to an aromatic ring is 1. The summed E-state index contributed by atoms with van der Waals surface area (Å²) in [7, 11) is 1.96. The predicted molar refractivity (Wildman–Crippen MR) is 82.9 cm³/mol. The maximum absolute atomic E-state index is 10.0. The van der Waals surface area contributed by atoms with Gasteiger partial charge in [0.05, 0.1) is 5.69 Å². The Hall–Kier alpha value is -2.11. The van der Waals surface area contributed by atoms with Crippen LogP contribution in [0.2, 0.25) is 0 Å². The number of nitrogens with zero attached hydrogens (tertiary/aromatic N) is 2. The number of para-hydroxylation sites is 2. The molecule has 0 radical (unpaired) electrons. The zero-order chi connectivity index (χ0) is 15.1. The van der Waals surface area contributed by atoms with Crippen molar-refractivity contribution in [3.8, 4) is 5.75 Å². The fraction of sp³-hybridized carbons (Fsp3) is 0.312. The number of anilines is 1. The van der Waals surface area contributed by atoms with Crippen LogP contribution in [0.25, 0.3) is 0 Å². The van der Waals surface area contributed by atoms with E-state index in [-0.39, 0.29) is 6.61 Å². The van der Waals surface area contributed by atoms with Gasteiger partial charge in [-0.15, -0.1) is 0 Å². The molecule has 1 atom stereocenters. The third-order valence-corrected chi connectivity index (χ3v) is 3.07. The van der Waals surface area contributed by atoms with Crippen LogP contribution in [-0.4, -0.2) is 41.3 Å². The van der Waals surface area contributed by atoms with Gasteiger partial charge in [-0.25, -0.2) is 0 Å². The Bertz CT molecular complexity index is 548. The predicted octanol–water partition coefficient (Wildman–Crippen LogP) is 1.54. The lowest BCUT2D eigenvalue weighted by molar-refractivity contribution is 0.0747. The minimum Gasteiger partial charge on any atom is -0.489 e. The van der Waals surface area contributed by atoms with Crippen molar-refractivity contribution in [3.05, 3.63) is 54.4 Å². The third-order valence-electron chi connectivity index (χ3n) is 3.07. The summed E-state index contributed by atoms with van der Waals surface area (Å²) in [4.78, 5) is 6.02. The van der Waals surface area contributed by atoms with Crippen molar-refractivity contribution in [1.82, 2.24) is 9.88 Å². The Morgan fingerprint density at radius 2 is 1.95 bits per heavy atom. The Balaban J connectivity index is 1.76. The first-order valence-corrected chi connectivity index (χ1v) is 6.88. The number of pyridine rings is 1. The molecule has 0 amide bonds.